The van der Waals surface area contributed by atoms with E-state index in [0.29, 0.717) is 40.4 Å². The quantitative estimate of drug-likeness (QED) is 0.240. The smallest absolute Gasteiger partial charge is 0.340 e. The topological polar surface area (TPSA) is 95.3 Å². The fraction of sp³-hybridized carbons (Fsp3) is 0.304. The summed E-state index contributed by atoms with van der Waals surface area (Å²) < 4.78 is 12.2. The average molecular weight is 489 g/mol. The Morgan fingerprint density at radius 1 is 1.12 bits per heavy atom. The van der Waals surface area contributed by atoms with E-state index in [-0.39, 0.29) is 18.3 Å². The van der Waals surface area contributed by atoms with Gasteiger partial charge in [-0.3, -0.25) is 4.79 Å². The van der Waals surface area contributed by atoms with Gasteiger partial charge in [-0.1, -0.05) is 47.6 Å². The molecule has 0 aliphatic heterocycles. The predicted octanol–water partition coefficient (Wildman–Crippen LogP) is 4.54. The minimum Gasteiger partial charge on any atom is -0.462 e. The Labute approximate surface area is 201 Å². The molecule has 33 heavy (non-hydrogen) atoms. The van der Waals surface area contributed by atoms with Gasteiger partial charge >= 0.3 is 5.97 Å². The number of anilines is 1. The van der Waals surface area contributed by atoms with Gasteiger partial charge in [0.25, 0.3) is 0 Å². The van der Waals surface area contributed by atoms with Gasteiger partial charge in [-0.05, 0) is 37.6 Å². The van der Waals surface area contributed by atoms with E-state index in [1.807, 2.05) is 22.8 Å². The van der Waals surface area contributed by atoms with E-state index in [0.717, 1.165) is 12.0 Å². The Hall–Kier alpha value is -2.88. The number of rotatable bonds is 11. The van der Waals surface area contributed by atoms with Crippen LogP contribution in [0.15, 0.2) is 53.7 Å². The Bertz CT molecular complexity index is 1110. The third kappa shape index (κ3) is 6.56. The van der Waals surface area contributed by atoms with Crippen molar-refractivity contribution in [3.8, 4) is 11.4 Å². The molecule has 0 saturated carbocycles. The molecule has 3 rings (SSSR count). The predicted molar refractivity (Wildman–Crippen MR) is 129 cm³/mol. The lowest BCUT2D eigenvalue weighted by Gasteiger charge is -2.12. The highest BCUT2D eigenvalue weighted by molar-refractivity contribution is 7.99. The number of halogens is 1. The van der Waals surface area contributed by atoms with Gasteiger partial charge in [0, 0.05) is 25.8 Å². The molecule has 0 bridgehead atoms. The lowest BCUT2D eigenvalue weighted by molar-refractivity contribution is -0.113. The number of benzene rings is 2. The van der Waals surface area contributed by atoms with Crippen LogP contribution in [0.4, 0.5) is 5.69 Å². The summed E-state index contributed by atoms with van der Waals surface area (Å²) in [5.74, 6) is -0.0414. The minimum absolute atomic E-state index is 0.0854. The molecule has 0 aliphatic rings. The molecule has 0 aliphatic carbocycles. The second-order valence-corrected chi connectivity index (χ2v) is 8.24. The lowest BCUT2D eigenvalue weighted by atomic mass is 10.2. The third-order valence-corrected chi connectivity index (χ3v) is 5.89. The van der Waals surface area contributed by atoms with Crippen LogP contribution >= 0.6 is 23.4 Å². The van der Waals surface area contributed by atoms with Crippen LogP contribution in [0.1, 0.15) is 23.7 Å². The van der Waals surface area contributed by atoms with Crippen LogP contribution in [0.5, 0.6) is 0 Å². The molecule has 2 aromatic carbocycles. The van der Waals surface area contributed by atoms with Crippen LogP contribution in [0.3, 0.4) is 0 Å². The van der Waals surface area contributed by atoms with E-state index < -0.39 is 5.97 Å². The summed E-state index contributed by atoms with van der Waals surface area (Å²) in [4.78, 5) is 24.8. The van der Waals surface area contributed by atoms with Gasteiger partial charge in [-0.15, -0.1) is 10.2 Å². The van der Waals surface area contributed by atoms with Gasteiger partial charge in [-0.2, -0.15) is 0 Å². The number of methoxy groups -OCH3 is 1. The van der Waals surface area contributed by atoms with E-state index >= 15 is 0 Å². The van der Waals surface area contributed by atoms with Gasteiger partial charge in [0.2, 0.25) is 5.91 Å². The number of hydrogen-bond acceptors (Lipinski definition) is 7. The summed E-state index contributed by atoms with van der Waals surface area (Å²) in [6, 6.07) is 14.2. The number of hydrogen-bond donors (Lipinski definition) is 1. The second-order valence-electron chi connectivity index (χ2n) is 6.89. The number of nitrogens with one attached hydrogen (secondary N) is 1. The van der Waals surface area contributed by atoms with Gasteiger partial charge in [0.05, 0.1) is 28.6 Å². The van der Waals surface area contributed by atoms with E-state index in [1.165, 1.54) is 11.8 Å². The number of nitrogens with zero attached hydrogens (tertiary/aromatic N) is 3. The van der Waals surface area contributed by atoms with Gasteiger partial charge in [0.15, 0.2) is 11.0 Å². The number of esters is 1. The summed E-state index contributed by atoms with van der Waals surface area (Å²) in [7, 11) is 1.65. The average Bonchev–Trinajstić information content (AvgIpc) is 3.21. The highest BCUT2D eigenvalue weighted by Gasteiger charge is 2.18. The van der Waals surface area contributed by atoms with Crippen molar-refractivity contribution in [3.63, 3.8) is 0 Å². The van der Waals surface area contributed by atoms with Crippen molar-refractivity contribution in [1.82, 2.24) is 14.8 Å². The van der Waals surface area contributed by atoms with E-state index in [9.17, 15) is 9.59 Å². The van der Waals surface area contributed by atoms with Crippen LogP contribution in [0.25, 0.3) is 11.4 Å². The van der Waals surface area contributed by atoms with Crippen molar-refractivity contribution in [2.75, 3.05) is 31.4 Å². The normalized spacial score (nSPS) is 10.8. The second kappa shape index (κ2) is 12.4. The van der Waals surface area contributed by atoms with Crippen LogP contribution in [-0.2, 0) is 20.8 Å². The number of aromatic nitrogens is 3. The zero-order valence-corrected chi connectivity index (χ0v) is 20.0. The van der Waals surface area contributed by atoms with E-state index in [4.69, 9.17) is 21.1 Å². The Morgan fingerprint density at radius 2 is 1.88 bits per heavy atom. The molecule has 1 aromatic heterocycles. The van der Waals surface area contributed by atoms with Crippen molar-refractivity contribution in [1.29, 1.82) is 0 Å². The molecule has 0 saturated heterocycles. The van der Waals surface area contributed by atoms with E-state index in [2.05, 4.69) is 15.5 Å². The zero-order valence-electron chi connectivity index (χ0n) is 18.4. The number of carbonyl (C=O) groups excluding carboxylic acids is 2. The zero-order chi connectivity index (χ0) is 23.6. The molecule has 1 amide bonds. The summed E-state index contributed by atoms with van der Waals surface area (Å²) in [5.41, 5.74) is 1.48. The Kier molecular flexibility index (Phi) is 9.29. The SMILES string of the molecule is CCOC(=O)c1ccccc1NC(=O)CSc1nnc(-c2ccccc2Cl)n1CCCOC. The van der Waals surface area contributed by atoms with Gasteiger partial charge in [0.1, 0.15) is 0 Å². The molecule has 10 heteroatoms. The molecular formula is C23H25ClN4O4S. The molecule has 174 valence electrons. The van der Waals surface area contributed by atoms with Gasteiger partial charge < -0.3 is 19.4 Å². The van der Waals surface area contributed by atoms with Crippen LogP contribution in [0.2, 0.25) is 5.02 Å². The maximum Gasteiger partial charge on any atom is 0.340 e. The molecule has 0 fully saturated rings. The van der Waals surface area contributed by atoms with E-state index in [1.54, 1.807) is 44.4 Å². The highest BCUT2D eigenvalue weighted by atomic mass is 35.5. The lowest BCUT2D eigenvalue weighted by Crippen LogP contribution is -2.18. The molecule has 1 N–H and O–H groups in total. The number of carbonyl (C=O) groups is 2. The standard InChI is InChI=1S/C23H25ClN4O4S/c1-3-32-22(30)17-10-5-7-12-19(17)25-20(29)15-33-23-27-26-21(28(23)13-8-14-31-2)16-9-4-6-11-18(16)24/h4-7,9-12H,3,8,13-15H2,1-2H3,(H,25,29). The van der Waals surface area contributed by atoms with Crippen molar-refractivity contribution >= 4 is 40.9 Å². The van der Waals surface area contributed by atoms with Crippen LogP contribution < -0.4 is 5.32 Å². The molecule has 1 heterocycles. The highest BCUT2D eigenvalue weighted by Crippen LogP contribution is 2.29. The molecule has 8 nitrogen and oxygen atoms in total. The first kappa shape index (κ1) is 24.8. The summed E-state index contributed by atoms with van der Waals surface area (Å²) in [6.45, 7) is 3.17. The molecule has 0 atom stereocenters. The first-order chi connectivity index (χ1) is 16.0. The molecule has 0 spiro atoms. The van der Waals surface area contributed by atoms with Gasteiger partial charge in [-0.25, -0.2) is 4.79 Å². The van der Waals surface area contributed by atoms with Crippen molar-refractivity contribution in [3.05, 3.63) is 59.1 Å². The number of ether oxygens (including phenoxy) is 2. The fourth-order valence-electron chi connectivity index (χ4n) is 3.10. The number of amides is 1. The summed E-state index contributed by atoms with van der Waals surface area (Å²) in [5, 5.41) is 12.5. The minimum atomic E-state index is -0.483. The Morgan fingerprint density at radius 3 is 2.64 bits per heavy atom. The Balaban J connectivity index is 1.74. The molecule has 0 radical (unpaired) electrons. The maximum atomic E-state index is 12.6. The van der Waals surface area contributed by atoms with Crippen LogP contribution in [0, 0.1) is 0 Å². The largest absolute Gasteiger partial charge is 0.462 e. The number of para-hydroxylation sites is 1. The first-order valence-electron chi connectivity index (χ1n) is 10.4. The van der Waals surface area contributed by atoms with Crippen molar-refractivity contribution in [2.24, 2.45) is 0 Å². The van der Waals surface area contributed by atoms with Crippen molar-refractivity contribution < 1.29 is 19.1 Å². The molecule has 0 unspecified atom stereocenters. The maximum absolute atomic E-state index is 12.6. The van der Waals surface area contributed by atoms with Crippen LogP contribution in [-0.4, -0.2) is 52.7 Å². The third-order valence-electron chi connectivity index (χ3n) is 4.59. The molecular weight excluding hydrogens is 464 g/mol. The molecule has 3 aromatic rings. The summed E-state index contributed by atoms with van der Waals surface area (Å²) >= 11 is 7.62. The monoisotopic (exact) mass is 488 g/mol. The first-order valence-corrected chi connectivity index (χ1v) is 11.8. The summed E-state index contributed by atoms with van der Waals surface area (Å²) in [6.07, 6.45) is 0.749. The van der Waals surface area contributed by atoms with Crippen molar-refractivity contribution in [2.45, 2.75) is 25.0 Å². The fourth-order valence-corrected chi connectivity index (χ4v) is 4.09. The number of thioether (sulfide) groups is 1.